The number of aliphatic hydroxyl groups excluding tert-OH is 1. The van der Waals surface area contributed by atoms with Crippen LogP contribution in [-0.2, 0) is 12.0 Å². The summed E-state index contributed by atoms with van der Waals surface area (Å²) < 4.78 is 12.1. The summed E-state index contributed by atoms with van der Waals surface area (Å²) >= 11 is 0. The number of benzene rings is 3. The molecule has 1 spiro atoms. The highest BCUT2D eigenvalue weighted by molar-refractivity contribution is 6.25. The van der Waals surface area contributed by atoms with Crippen LogP contribution in [0, 0.1) is 0 Å². The van der Waals surface area contributed by atoms with Gasteiger partial charge in [0.15, 0.2) is 11.5 Å². The average Bonchev–Trinajstić information content (AvgIpc) is 3.21. The molecular weight excluding hydrogens is 504 g/mol. The molecule has 4 aliphatic rings. The number of imide groups is 1. The van der Waals surface area contributed by atoms with Crippen molar-refractivity contribution in [3.05, 3.63) is 82.9 Å². The van der Waals surface area contributed by atoms with Gasteiger partial charge in [-0.15, -0.1) is 0 Å². The van der Waals surface area contributed by atoms with Crippen molar-refractivity contribution < 1.29 is 24.2 Å². The Balaban J connectivity index is 1.01. The number of ether oxygens (including phenoxy) is 2. The van der Waals surface area contributed by atoms with Gasteiger partial charge in [0.25, 0.3) is 11.8 Å². The maximum atomic E-state index is 13.2. The summed E-state index contributed by atoms with van der Waals surface area (Å²) in [4.78, 5) is 30.3. The van der Waals surface area contributed by atoms with Crippen molar-refractivity contribution in [1.82, 2.24) is 9.80 Å². The molecule has 3 aromatic rings. The lowest BCUT2D eigenvalue weighted by Gasteiger charge is -2.36. The smallest absolute Gasteiger partial charge is 0.261 e. The number of carbonyl (C=O) groups is 2. The van der Waals surface area contributed by atoms with Gasteiger partial charge in [-0.3, -0.25) is 19.4 Å². The van der Waals surface area contributed by atoms with Crippen LogP contribution in [0.4, 0.5) is 0 Å². The summed E-state index contributed by atoms with van der Waals surface area (Å²) in [6, 6.07) is 15.5. The molecule has 40 heavy (non-hydrogen) atoms. The summed E-state index contributed by atoms with van der Waals surface area (Å²) in [6.07, 6.45) is 7.74. The molecule has 3 heterocycles. The van der Waals surface area contributed by atoms with E-state index in [1.807, 2.05) is 48.5 Å². The lowest BCUT2D eigenvalue weighted by atomic mass is 9.69. The first-order valence-corrected chi connectivity index (χ1v) is 14.3. The van der Waals surface area contributed by atoms with Gasteiger partial charge in [0.1, 0.15) is 6.10 Å². The number of hydrogen-bond donors (Lipinski definition) is 1. The van der Waals surface area contributed by atoms with E-state index in [0.29, 0.717) is 24.1 Å². The number of rotatable bonds is 7. The maximum Gasteiger partial charge on any atom is 0.261 e. The zero-order valence-corrected chi connectivity index (χ0v) is 22.8. The van der Waals surface area contributed by atoms with E-state index < -0.39 is 6.10 Å². The van der Waals surface area contributed by atoms with E-state index in [1.165, 1.54) is 16.0 Å². The minimum Gasteiger partial charge on any atom is -0.493 e. The summed E-state index contributed by atoms with van der Waals surface area (Å²) in [6.45, 7) is 3.15. The molecule has 0 unspecified atom stereocenters. The Morgan fingerprint density at radius 3 is 2.50 bits per heavy atom. The third kappa shape index (κ3) is 3.86. The summed E-state index contributed by atoms with van der Waals surface area (Å²) in [5.74, 6) is 1.21. The normalized spacial score (nSPS) is 25.0. The molecule has 3 aromatic carbocycles. The highest BCUT2D eigenvalue weighted by Crippen LogP contribution is 2.55. The monoisotopic (exact) mass is 538 g/mol. The second kappa shape index (κ2) is 9.75. The highest BCUT2D eigenvalue weighted by Gasteiger charge is 2.52. The Morgan fingerprint density at radius 2 is 1.75 bits per heavy atom. The van der Waals surface area contributed by atoms with E-state index in [4.69, 9.17) is 9.47 Å². The van der Waals surface area contributed by atoms with Crippen LogP contribution >= 0.6 is 0 Å². The van der Waals surface area contributed by atoms with Gasteiger partial charge in [-0.05, 0) is 61.5 Å². The van der Waals surface area contributed by atoms with Crippen molar-refractivity contribution in [3.8, 4) is 11.5 Å². The van der Waals surface area contributed by atoms with E-state index in [9.17, 15) is 14.7 Å². The maximum absolute atomic E-state index is 13.2. The average molecular weight is 539 g/mol. The van der Waals surface area contributed by atoms with Gasteiger partial charge in [0.05, 0.1) is 18.6 Å². The van der Waals surface area contributed by atoms with Gasteiger partial charge >= 0.3 is 0 Å². The van der Waals surface area contributed by atoms with Crippen LogP contribution in [0.5, 0.6) is 11.5 Å². The van der Waals surface area contributed by atoms with Crippen LogP contribution in [0.25, 0.3) is 10.8 Å². The molecule has 7 heteroatoms. The molecule has 3 aliphatic heterocycles. The van der Waals surface area contributed by atoms with E-state index in [1.54, 1.807) is 7.11 Å². The summed E-state index contributed by atoms with van der Waals surface area (Å²) in [5.41, 5.74) is 3.48. The van der Waals surface area contributed by atoms with E-state index in [0.717, 1.165) is 67.6 Å². The molecule has 0 fully saturated rings. The Labute approximate surface area is 234 Å². The Bertz CT molecular complexity index is 1500. The van der Waals surface area contributed by atoms with Crippen molar-refractivity contribution in [3.63, 3.8) is 0 Å². The van der Waals surface area contributed by atoms with E-state index in [-0.39, 0.29) is 23.3 Å². The second-order valence-electron chi connectivity index (χ2n) is 11.5. The SMILES string of the molecule is COc1ccc2c3c1O[C@H]1C[C@@H](O)C=C[C@@]31CCN(CCCCCN1C(=O)c3cccc4cccc(c34)C1=O)C2. The number of carbonyl (C=O) groups excluding carboxylic acids is 2. The lowest BCUT2D eigenvalue weighted by Crippen LogP contribution is -2.43. The number of unbranched alkanes of at least 4 members (excludes halogenated alkanes) is 2. The minimum atomic E-state index is -0.487. The van der Waals surface area contributed by atoms with Gasteiger partial charge in [-0.2, -0.15) is 0 Å². The number of methoxy groups -OCH3 is 1. The molecule has 0 bridgehead atoms. The van der Waals surface area contributed by atoms with Gasteiger partial charge in [0, 0.05) is 41.6 Å². The third-order valence-corrected chi connectivity index (χ3v) is 9.25. The van der Waals surface area contributed by atoms with Crippen LogP contribution < -0.4 is 9.47 Å². The largest absolute Gasteiger partial charge is 0.493 e. The van der Waals surface area contributed by atoms with Crippen LogP contribution in [0.1, 0.15) is 63.9 Å². The highest BCUT2D eigenvalue weighted by atomic mass is 16.5. The molecule has 0 aromatic heterocycles. The molecule has 0 saturated heterocycles. The molecule has 1 N–H and O–H groups in total. The second-order valence-corrected chi connectivity index (χ2v) is 11.5. The Kier molecular flexibility index (Phi) is 6.17. The Hall–Kier alpha value is -3.68. The fourth-order valence-corrected chi connectivity index (χ4v) is 7.25. The summed E-state index contributed by atoms with van der Waals surface area (Å²) in [5, 5.41) is 12.0. The number of amides is 2. The number of aliphatic hydroxyl groups is 1. The standard InChI is InChI=1S/C33H34N2O5/c1-39-26-12-11-22-20-34(18-15-33-14-13-23(36)19-27(33)40-30(26)29(22)33)16-3-2-4-17-35-31(37)24-9-5-7-21-8-6-10-25(28(21)24)32(35)38/h5-14,23,27,36H,2-4,15-20H2,1H3/t23-,27-,33-/m0/s1. The molecule has 3 atom stereocenters. The van der Waals surface area contributed by atoms with Crippen molar-refractivity contribution in [2.24, 2.45) is 0 Å². The first-order valence-electron chi connectivity index (χ1n) is 14.3. The fraction of sp³-hybridized carbons (Fsp3) is 0.394. The number of nitrogens with zero attached hydrogens (tertiary/aromatic N) is 2. The van der Waals surface area contributed by atoms with Crippen molar-refractivity contribution in [1.29, 1.82) is 0 Å². The van der Waals surface area contributed by atoms with Gasteiger partial charge in [0.2, 0.25) is 0 Å². The molecule has 2 amide bonds. The molecular formula is C33H34N2O5. The first-order chi connectivity index (χ1) is 19.5. The fourth-order valence-electron chi connectivity index (χ4n) is 7.25. The molecule has 7 rings (SSSR count). The van der Waals surface area contributed by atoms with Crippen molar-refractivity contribution >= 4 is 22.6 Å². The topological polar surface area (TPSA) is 79.3 Å². The predicted octanol–water partition coefficient (Wildman–Crippen LogP) is 4.84. The van der Waals surface area contributed by atoms with Crippen LogP contribution in [0.2, 0.25) is 0 Å². The van der Waals surface area contributed by atoms with Crippen LogP contribution in [0.15, 0.2) is 60.7 Å². The van der Waals surface area contributed by atoms with Gasteiger partial charge in [-0.1, -0.05) is 48.9 Å². The van der Waals surface area contributed by atoms with Crippen LogP contribution in [0.3, 0.4) is 0 Å². The minimum absolute atomic E-state index is 0.0897. The van der Waals surface area contributed by atoms with Gasteiger partial charge in [-0.25, -0.2) is 0 Å². The molecule has 0 radical (unpaired) electrons. The van der Waals surface area contributed by atoms with E-state index in [2.05, 4.69) is 17.0 Å². The quantitative estimate of drug-likeness (QED) is 0.264. The van der Waals surface area contributed by atoms with E-state index >= 15 is 0 Å². The van der Waals surface area contributed by atoms with Gasteiger partial charge < -0.3 is 14.6 Å². The third-order valence-electron chi connectivity index (χ3n) is 9.25. The predicted molar refractivity (Wildman–Crippen MR) is 152 cm³/mol. The first kappa shape index (κ1) is 25.3. The summed E-state index contributed by atoms with van der Waals surface area (Å²) in [7, 11) is 1.67. The molecule has 0 saturated carbocycles. The van der Waals surface area contributed by atoms with Crippen molar-refractivity contribution in [2.75, 3.05) is 26.7 Å². The van der Waals surface area contributed by atoms with Crippen molar-refractivity contribution in [2.45, 2.75) is 56.3 Å². The molecule has 7 nitrogen and oxygen atoms in total. The van der Waals surface area contributed by atoms with Crippen LogP contribution in [-0.4, -0.2) is 65.7 Å². The zero-order valence-electron chi connectivity index (χ0n) is 22.8. The molecule has 206 valence electrons. The number of hydrogen-bond acceptors (Lipinski definition) is 6. The lowest BCUT2D eigenvalue weighted by molar-refractivity contribution is 0.0606. The zero-order chi connectivity index (χ0) is 27.4. The molecule has 1 aliphatic carbocycles. The Morgan fingerprint density at radius 1 is 1.00 bits per heavy atom.